The number of rotatable bonds is 6. The molecule has 1 N–H and O–H groups in total. The molecule has 0 spiro atoms. The van der Waals surface area contributed by atoms with E-state index in [1.165, 1.54) is 6.26 Å². The van der Waals surface area contributed by atoms with Crippen LogP contribution >= 0.6 is 11.3 Å². The molecule has 3 rings (SSSR count). The number of nitrogens with zero attached hydrogens (tertiary/aromatic N) is 2. The number of hydrogen-bond donors (Lipinski definition) is 1. The van der Waals surface area contributed by atoms with E-state index in [9.17, 15) is 9.59 Å². The van der Waals surface area contributed by atoms with E-state index in [0.29, 0.717) is 18.8 Å². The van der Waals surface area contributed by atoms with Crippen LogP contribution in [0.15, 0.2) is 28.2 Å². The zero-order valence-electron chi connectivity index (χ0n) is 15.2. The van der Waals surface area contributed by atoms with Gasteiger partial charge in [0.15, 0.2) is 5.76 Å². The summed E-state index contributed by atoms with van der Waals surface area (Å²) in [5, 5.41) is 6.06. The van der Waals surface area contributed by atoms with Gasteiger partial charge in [-0.3, -0.25) is 9.59 Å². The maximum absolute atomic E-state index is 12.5. The highest BCUT2D eigenvalue weighted by molar-refractivity contribution is 7.09. The van der Waals surface area contributed by atoms with E-state index in [-0.39, 0.29) is 23.7 Å². The van der Waals surface area contributed by atoms with Crippen molar-refractivity contribution in [3.63, 3.8) is 0 Å². The largest absolute Gasteiger partial charge is 0.459 e. The third kappa shape index (κ3) is 4.52. The van der Waals surface area contributed by atoms with Gasteiger partial charge in [-0.25, -0.2) is 4.98 Å². The molecule has 2 aromatic heterocycles. The molecule has 0 aromatic carbocycles. The quantitative estimate of drug-likeness (QED) is 0.842. The van der Waals surface area contributed by atoms with Crippen LogP contribution in [-0.2, 0) is 11.2 Å². The highest BCUT2D eigenvalue weighted by Crippen LogP contribution is 2.30. The Bertz CT molecular complexity index is 739. The zero-order valence-corrected chi connectivity index (χ0v) is 16.1. The first kappa shape index (κ1) is 18.6. The second kappa shape index (κ2) is 8.49. The van der Waals surface area contributed by atoms with E-state index >= 15 is 0 Å². The summed E-state index contributed by atoms with van der Waals surface area (Å²) in [6, 6.07) is 3.44. The molecule has 0 saturated carbocycles. The minimum atomic E-state index is -0.0483. The lowest BCUT2D eigenvalue weighted by molar-refractivity contribution is -0.123. The van der Waals surface area contributed by atoms with Gasteiger partial charge in [-0.15, -0.1) is 11.3 Å². The number of aromatic nitrogens is 1. The summed E-state index contributed by atoms with van der Waals surface area (Å²) in [5.74, 6) is 0.687. The van der Waals surface area contributed by atoms with Crippen LogP contribution < -0.4 is 5.32 Å². The third-order valence-electron chi connectivity index (χ3n) is 4.56. The Morgan fingerprint density at radius 3 is 3.04 bits per heavy atom. The first-order chi connectivity index (χ1) is 12.5. The van der Waals surface area contributed by atoms with Gasteiger partial charge in [0.25, 0.3) is 5.91 Å². The van der Waals surface area contributed by atoms with Gasteiger partial charge in [0.2, 0.25) is 5.91 Å². The Morgan fingerprint density at radius 2 is 2.31 bits per heavy atom. The van der Waals surface area contributed by atoms with Gasteiger partial charge < -0.3 is 14.6 Å². The average Bonchev–Trinajstić information content (AvgIpc) is 3.33. The Morgan fingerprint density at radius 1 is 1.46 bits per heavy atom. The van der Waals surface area contributed by atoms with Crippen molar-refractivity contribution in [3.8, 4) is 0 Å². The molecule has 2 amide bonds. The van der Waals surface area contributed by atoms with Crippen molar-refractivity contribution >= 4 is 23.2 Å². The van der Waals surface area contributed by atoms with Crippen molar-refractivity contribution in [2.75, 3.05) is 19.6 Å². The Balaban J connectivity index is 1.55. The second-order valence-electron chi connectivity index (χ2n) is 6.94. The van der Waals surface area contributed by atoms with Crippen LogP contribution in [0.2, 0.25) is 0 Å². The number of likely N-dealkylation sites (tertiary alicyclic amines) is 1. The minimum absolute atomic E-state index is 0.000848. The Kier molecular flexibility index (Phi) is 6.08. The summed E-state index contributed by atoms with van der Waals surface area (Å²) in [7, 11) is 0. The number of piperidine rings is 1. The number of furan rings is 1. The highest BCUT2D eigenvalue weighted by atomic mass is 32.1. The SMILES string of the molecule is CC(C)C(=O)NCCc1csc(C2CCCN(C(=O)c3ccco3)C2)n1. The lowest BCUT2D eigenvalue weighted by Gasteiger charge is -2.31. The summed E-state index contributed by atoms with van der Waals surface area (Å²) < 4.78 is 5.24. The van der Waals surface area contributed by atoms with Crippen molar-refractivity contribution in [2.24, 2.45) is 5.92 Å². The molecule has 1 saturated heterocycles. The van der Waals surface area contributed by atoms with Crippen LogP contribution in [0.3, 0.4) is 0 Å². The number of amides is 2. The molecule has 1 aliphatic heterocycles. The predicted molar refractivity (Wildman–Crippen MR) is 100 cm³/mol. The van der Waals surface area contributed by atoms with Gasteiger partial charge in [-0.05, 0) is 25.0 Å². The van der Waals surface area contributed by atoms with Gasteiger partial charge in [0.1, 0.15) is 0 Å². The molecule has 0 aliphatic carbocycles. The van der Waals surface area contributed by atoms with Gasteiger partial charge in [-0.2, -0.15) is 0 Å². The lowest BCUT2D eigenvalue weighted by Crippen LogP contribution is -2.38. The molecule has 140 valence electrons. The van der Waals surface area contributed by atoms with Gasteiger partial charge in [0, 0.05) is 43.3 Å². The molecular weight excluding hydrogens is 350 g/mol. The van der Waals surface area contributed by atoms with Crippen molar-refractivity contribution in [1.82, 2.24) is 15.2 Å². The molecular formula is C19H25N3O3S. The van der Waals surface area contributed by atoms with Crippen LogP contribution in [-0.4, -0.2) is 41.3 Å². The van der Waals surface area contributed by atoms with Crippen LogP contribution in [0.1, 0.15) is 53.9 Å². The summed E-state index contributed by atoms with van der Waals surface area (Å²) in [5.41, 5.74) is 1.00. The zero-order chi connectivity index (χ0) is 18.5. The molecule has 1 atom stereocenters. The van der Waals surface area contributed by atoms with E-state index in [1.54, 1.807) is 23.5 Å². The molecule has 26 heavy (non-hydrogen) atoms. The van der Waals surface area contributed by atoms with E-state index < -0.39 is 0 Å². The number of carbonyl (C=O) groups excluding carboxylic acids is 2. The number of thiazole rings is 1. The fourth-order valence-corrected chi connectivity index (χ4v) is 4.04. The van der Waals surface area contributed by atoms with Crippen LogP contribution in [0.4, 0.5) is 0 Å². The number of nitrogens with one attached hydrogen (secondary N) is 1. The standard InChI is InChI=1S/C19H25N3O3S/c1-13(2)17(23)20-8-7-15-12-26-18(21-15)14-5-3-9-22(11-14)19(24)16-6-4-10-25-16/h4,6,10,12-14H,3,5,7-9,11H2,1-2H3,(H,20,23). The van der Waals surface area contributed by atoms with E-state index in [0.717, 1.165) is 36.5 Å². The summed E-state index contributed by atoms with van der Waals surface area (Å²) >= 11 is 1.65. The molecule has 3 heterocycles. The predicted octanol–water partition coefficient (Wildman–Crippen LogP) is 3.07. The topological polar surface area (TPSA) is 75.4 Å². The first-order valence-electron chi connectivity index (χ1n) is 9.09. The maximum Gasteiger partial charge on any atom is 0.289 e. The van der Waals surface area contributed by atoms with Crippen LogP contribution in [0.25, 0.3) is 0 Å². The van der Waals surface area contributed by atoms with Crippen molar-refractivity contribution in [2.45, 2.75) is 39.0 Å². The van der Waals surface area contributed by atoms with E-state index in [2.05, 4.69) is 10.7 Å². The average molecular weight is 375 g/mol. The molecule has 7 heteroatoms. The summed E-state index contributed by atoms with van der Waals surface area (Å²) in [4.78, 5) is 30.7. The van der Waals surface area contributed by atoms with Crippen molar-refractivity contribution < 1.29 is 14.0 Å². The van der Waals surface area contributed by atoms with Crippen LogP contribution in [0, 0.1) is 5.92 Å². The molecule has 1 unspecified atom stereocenters. The van der Waals surface area contributed by atoms with Crippen molar-refractivity contribution in [1.29, 1.82) is 0 Å². The normalized spacial score (nSPS) is 17.5. The molecule has 0 radical (unpaired) electrons. The van der Waals surface area contributed by atoms with Crippen molar-refractivity contribution in [3.05, 3.63) is 40.2 Å². The monoisotopic (exact) mass is 375 g/mol. The molecule has 1 aliphatic rings. The molecule has 2 aromatic rings. The van der Waals surface area contributed by atoms with E-state index in [4.69, 9.17) is 9.40 Å². The summed E-state index contributed by atoms with van der Waals surface area (Å²) in [6.45, 7) is 5.81. The van der Waals surface area contributed by atoms with Gasteiger partial charge >= 0.3 is 0 Å². The maximum atomic E-state index is 12.5. The fraction of sp³-hybridized carbons (Fsp3) is 0.526. The Hall–Kier alpha value is -2.15. The highest BCUT2D eigenvalue weighted by Gasteiger charge is 2.28. The number of carbonyl (C=O) groups is 2. The Labute approximate surface area is 157 Å². The van der Waals surface area contributed by atoms with E-state index in [1.807, 2.05) is 18.7 Å². The minimum Gasteiger partial charge on any atom is -0.459 e. The first-order valence-corrected chi connectivity index (χ1v) is 9.97. The number of hydrogen-bond acceptors (Lipinski definition) is 5. The molecule has 6 nitrogen and oxygen atoms in total. The molecule has 1 fully saturated rings. The van der Waals surface area contributed by atoms with Gasteiger partial charge in [-0.1, -0.05) is 13.8 Å². The van der Waals surface area contributed by atoms with Gasteiger partial charge in [0.05, 0.1) is 17.0 Å². The summed E-state index contributed by atoms with van der Waals surface area (Å²) in [6.07, 6.45) is 4.27. The third-order valence-corrected chi connectivity index (χ3v) is 5.62. The fourth-order valence-electron chi connectivity index (χ4n) is 3.06. The molecule has 0 bridgehead atoms. The smallest absolute Gasteiger partial charge is 0.289 e. The van der Waals surface area contributed by atoms with Crippen LogP contribution in [0.5, 0.6) is 0 Å². The lowest BCUT2D eigenvalue weighted by atomic mass is 9.98. The second-order valence-corrected chi connectivity index (χ2v) is 7.83.